The standard InChI is InChI=1S/C14H23BrO6/c1-9(2)7-19-12(16)5-11(21-13(17)6-15)14(18)20-8-10(3)4/h9-11H,5-8H2,1-4H3/t11-/m0/s1. The zero-order chi connectivity index (χ0) is 16.4. The third kappa shape index (κ3) is 10.3. The van der Waals surface area contributed by atoms with Crippen molar-refractivity contribution in [2.75, 3.05) is 18.5 Å². The lowest BCUT2D eigenvalue weighted by Gasteiger charge is -2.17. The highest BCUT2D eigenvalue weighted by Crippen LogP contribution is 2.08. The van der Waals surface area contributed by atoms with E-state index in [0.29, 0.717) is 0 Å². The minimum absolute atomic E-state index is 0.0675. The van der Waals surface area contributed by atoms with Gasteiger partial charge in [-0.25, -0.2) is 4.79 Å². The van der Waals surface area contributed by atoms with E-state index in [4.69, 9.17) is 14.2 Å². The molecule has 122 valence electrons. The van der Waals surface area contributed by atoms with Gasteiger partial charge in [-0.3, -0.25) is 9.59 Å². The summed E-state index contributed by atoms with van der Waals surface area (Å²) in [5, 5.41) is -0.0675. The van der Waals surface area contributed by atoms with E-state index in [0.717, 1.165) is 0 Å². The molecule has 0 aliphatic heterocycles. The van der Waals surface area contributed by atoms with E-state index in [2.05, 4.69) is 15.9 Å². The molecule has 0 fully saturated rings. The van der Waals surface area contributed by atoms with Crippen molar-refractivity contribution < 1.29 is 28.6 Å². The molecular weight excluding hydrogens is 344 g/mol. The third-order valence-electron chi connectivity index (χ3n) is 2.13. The van der Waals surface area contributed by atoms with E-state index >= 15 is 0 Å². The van der Waals surface area contributed by atoms with Gasteiger partial charge in [-0.1, -0.05) is 43.6 Å². The highest BCUT2D eigenvalue weighted by molar-refractivity contribution is 9.09. The molecule has 6 nitrogen and oxygen atoms in total. The van der Waals surface area contributed by atoms with Gasteiger partial charge in [0.05, 0.1) is 19.6 Å². The summed E-state index contributed by atoms with van der Waals surface area (Å²) in [5.74, 6) is -1.64. The molecule has 0 radical (unpaired) electrons. The van der Waals surface area contributed by atoms with Crippen LogP contribution in [0.4, 0.5) is 0 Å². The first kappa shape index (κ1) is 19.9. The highest BCUT2D eigenvalue weighted by atomic mass is 79.9. The molecule has 0 spiro atoms. The number of halogens is 1. The van der Waals surface area contributed by atoms with Gasteiger partial charge in [-0.15, -0.1) is 0 Å². The van der Waals surface area contributed by atoms with Gasteiger partial charge < -0.3 is 14.2 Å². The van der Waals surface area contributed by atoms with Gasteiger partial charge >= 0.3 is 17.9 Å². The predicted octanol–water partition coefficient (Wildman–Crippen LogP) is 2.08. The Bertz CT molecular complexity index is 353. The summed E-state index contributed by atoms with van der Waals surface area (Å²) in [6, 6.07) is 0. The van der Waals surface area contributed by atoms with Crippen molar-refractivity contribution in [3.8, 4) is 0 Å². The van der Waals surface area contributed by atoms with Crippen LogP contribution in [-0.4, -0.2) is 42.6 Å². The topological polar surface area (TPSA) is 78.9 Å². The van der Waals surface area contributed by atoms with E-state index in [1.807, 2.05) is 27.7 Å². The predicted molar refractivity (Wildman–Crippen MR) is 79.9 cm³/mol. The van der Waals surface area contributed by atoms with Gasteiger partial charge in [0.2, 0.25) is 6.10 Å². The molecule has 0 aromatic carbocycles. The van der Waals surface area contributed by atoms with Gasteiger partial charge in [0.1, 0.15) is 5.33 Å². The lowest BCUT2D eigenvalue weighted by Crippen LogP contribution is -2.33. The molecule has 0 unspecified atom stereocenters. The van der Waals surface area contributed by atoms with Crippen LogP contribution in [0.1, 0.15) is 34.1 Å². The summed E-state index contributed by atoms with van der Waals surface area (Å²) in [6.45, 7) is 7.99. The van der Waals surface area contributed by atoms with Crippen LogP contribution in [0.25, 0.3) is 0 Å². The van der Waals surface area contributed by atoms with Gasteiger partial charge in [-0.2, -0.15) is 0 Å². The van der Waals surface area contributed by atoms with Crippen molar-refractivity contribution in [1.29, 1.82) is 0 Å². The Morgan fingerprint density at radius 3 is 1.90 bits per heavy atom. The van der Waals surface area contributed by atoms with Crippen molar-refractivity contribution >= 4 is 33.8 Å². The average Bonchev–Trinajstić information content (AvgIpc) is 2.41. The monoisotopic (exact) mass is 366 g/mol. The van der Waals surface area contributed by atoms with E-state index in [9.17, 15) is 14.4 Å². The Morgan fingerprint density at radius 1 is 0.905 bits per heavy atom. The summed E-state index contributed by atoms with van der Waals surface area (Å²) in [5.41, 5.74) is 0. The second kappa shape index (κ2) is 10.6. The van der Waals surface area contributed by atoms with Crippen LogP contribution < -0.4 is 0 Å². The fourth-order valence-corrected chi connectivity index (χ4v) is 1.31. The first-order valence-electron chi connectivity index (χ1n) is 6.83. The summed E-state index contributed by atoms with van der Waals surface area (Å²) in [7, 11) is 0. The molecule has 7 heteroatoms. The second-order valence-corrected chi connectivity index (χ2v) is 5.98. The number of rotatable bonds is 9. The molecule has 0 aliphatic carbocycles. The molecule has 0 aromatic heterocycles. The molecule has 0 N–H and O–H groups in total. The SMILES string of the molecule is CC(C)COC(=O)C[C@H](OC(=O)CBr)C(=O)OCC(C)C. The zero-order valence-corrected chi connectivity index (χ0v) is 14.5. The van der Waals surface area contributed by atoms with Crippen LogP contribution in [-0.2, 0) is 28.6 Å². The Kier molecular flexibility index (Phi) is 10.0. The maximum absolute atomic E-state index is 11.9. The first-order chi connectivity index (χ1) is 9.76. The van der Waals surface area contributed by atoms with E-state index < -0.39 is 24.0 Å². The van der Waals surface area contributed by atoms with Crippen molar-refractivity contribution in [2.45, 2.75) is 40.2 Å². The molecule has 0 amide bonds. The third-order valence-corrected chi connectivity index (χ3v) is 2.59. The van der Waals surface area contributed by atoms with Gasteiger partial charge in [-0.05, 0) is 11.8 Å². The molecular formula is C14H23BrO6. The van der Waals surface area contributed by atoms with Crippen molar-refractivity contribution in [2.24, 2.45) is 11.8 Å². The Hall–Kier alpha value is -1.11. The Labute approximate surface area is 133 Å². The zero-order valence-electron chi connectivity index (χ0n) is 12.9. The van der Waals surface area contributed by atoms with Crippen LogP contribution >= 0.6 is 15.9 Å². The van der Waals surface area contributed by atoms with Gasteiger partial charge in [0.15, 0.2) is 0 Å². The molecule has 0 aromatic rings. The smallest absolute Gasteiger partial charge is 0.348 e. The minimum Gasteiger partial charge on any atom is -0.465 e. The molecule has 1 atom stereocenters. The molecule has 0 saturated heterocycles. The van der Waals surface area contributed by atoms with Gasteiger partial charge in [0.25, 0.3) is 0 Å². The normalized spacial score (nSPS) is 12.1. The molecule has 0 saturated carbocycles. The van der Waals surface area contributed by atoms with Crippen LogP contribution in [0.3, 0.4) is 0 Å². The van der Waals surface area contributed by atoms with E-state index in [-0.39, 0.29) is 36.8 Å². The summed E-state index contributed by atoms with van der Waals surface area (Å²) >= 11 is 2.93. The van der Waals surface area contributed by atoms with Crippen LogP contribution in [0.2, 0.25) is 0 Å². The first-order valence-corrected chi connectivity index (χ1v) is 7.96. The maximum atomic E-state index is 11.9. The fraction of sp³-hybridized carbons (Fsp3) is 0.786. The summed E-state index contributed by atoms with van der Waals surface area (Å²) in [4.78, 5) is 34.8. The van der Waals surface area contributed by atoms with E-state index in [1.54, 1.807) is 0 Å². The van der Waals surface area contributed by atoms with Crippen LogP contribution in [0.15, 0.2) is 0 Å². The van der Waals surface area contributed by atoms with Crippen molar-refractivity contribution in [3.05, 3.63) is 0 Å². The lowest BCUT2D eigenvalue weighted by molar-refractivity contribution is -0.171. The fourth-order valence-electron chi connectivity index (χ4n) is 1.17. The van der Waals surface area contributed by atoms with Crippen LogP contribution in [0.5, 0.6) is 0 Å². The number of hydrogen-bond donors (Lipinski definition) is 0. The minimum atomic E-state index is -1.27. The summed E-state index contributed by atoms with van der Waals surface area (Å²) in [6.07, 6.45) is -1.61. The molecule has 0 aliphatic rings. The van der Waals surface area contributed by atoms with Crippen LogP contribution in [0, 0.1) is 11.8 Å². The second-order valence-electron chi connectivity index (χ2n) is 5.42. The largest absolute Gasteiger partial charge is 0.465 e. The quantitative estimate of drug-likeness (QED) is 0.353. The van der Waals surface area contributed by atoms with Crippen molar-refractivity contribution in [3.63, 3.8) is 0 Å². The molecule has 0 heterocycles. The number of ether oxygens (including phenoxy) is 3. The highest BCUT2D eigenvalue weighted by Gasteiger charge is 2.28. The molecule has 0 rings (SSSR count). The Balaban J connectivity index is 4.54. The van der Waals surface area contributed by atoms with Gasteiger partial charge in [0, 0.05) is 0 Å². The number of carbonyl (C=O) groups excluding carboxylic acids is 3. The number of alkyl halides is 1. The number of esters is 3. The lowest BCUT2D eigenvalue weighted by atomic mass is 10.2. The average molecular weight is 367 g/mol. The van der Waals surface area contributed by atoms with E-state index in [1.165, 1.54) is 0 Å². The number of carbonyl (C=O) groups is 3. The molecule has 21 heavy (non-hydrogen) atoms. The number of hydrogen-bond acceptors (Lipinski definition) is 6. The Morgan fingerprint density at radius 2 is 1.43 bits per heavy atom. The molecule has 0 bridgehead atoms. The maximum Gasteiger partial charge on any atom is 0.348 e. The van der Waals surface area contributed by atoms with Crippen molar-refractivity contribution in [1.82, 2.24) is 0 Å². The summed E-state index contributed by atoms with van der Waals surface area (Å²) < 4.78 is 14.9.